The molecule has 0 aromatic heterocycles. The molecule has 0 saturated carbocycles. The Morgan fingerprint density at radius 2 is 2.10 bits per heavy atom. The maximum absolute atomic E-state index is 11.8. The lowest BCUT2D eigenvalue weighted by Gasteiger charge is -2.20. The van der Waals surface area contributed by atoms with Gasteiger partial charge in [0.2, 0.25) is 0 Å². The van der Waals surface area contributed by atoms with Gasteiger partial charge in [0.1, 0.15) is 5.60 Å². The first-order valence-corrected chi connectivity index (χ1v) is 7.01. The molecule has 0 fully saturated rings. The molecule has 0 spiro atoms. The Bertz CT molecular complexity index is 467. The zero-order valence-electron chi connectivity index (χ0n) is 12.4. The first-order valence-electron chi connectivity index (χ1n) is 6.64. The maximum Gasteiger partial charge on any atom is 0.412 e. The third-order valence-corrected chi connectivity index (χ3v) is 2.77. The van der Waals surface area contributed by atoms with Gasteiger partial charge in [0.15, 0.2) is 0 Å². The normalized spacial score (nSPS) is 12.9. The highest BCUT2D eigenvalue weighted by atomic mass is 35.5. The summed E-state index contributed by atoms with van der Waals surface area (Å²) in [4.78, 5) is 11.8. The summed E-state index contributed by atoms with van der Waals surface area (Å²) < 4.78 is 5.22. The van der Waals surface area contributed by atoms with Crippen LogP contribution in [0.25, 0.3) is 0 Å². The van der Waals surface area contributed by atoms with Gasteiger partial charge in [-0.25, -0.2) is 4.79 Å². The summed E-state index contributed by atoms with van der Waals surface area (Å²) in [6, 6.07) is 5.29. The number of anilines is 1. The van der Waals surface area contributed by atoms with Crippen LogP contribution in [0.1, 0.15) is 39.7 Å². The van der Waals surface area contributed by atoms with Gasteiger partial charge in [0.05, 0.1) is 6.10 Å². The average molecular weight is 300 g/mol. The van der Waals surface area contributed by atoms with Crippen molar-refractivity contribution in [2.45, 2.75) is 52.2 Å². The Morgan fingerprint density at radius 1 is 1.45 bits per heavy atom. The summed E-state index contributed by atoms with van der Waals surface area (Å²) in [6.07, 6.45) is 0.364. The Labute approximate surface area is 125 Å². The largest absolute Gasteiger partial charge is 0.444 e. The number of ether oxygens (including phenoxy) is 1. The van der Waals surface area contributed by atoms with E-state index in [0.29, 0.717) is 23.6 Å². The molecular formula is C15H22ClNO3. The van der Waals surface area contributed by atoms with E-state index in [1.807, 2.05) is 6.07 Å². The van der Waals surface area contributed by atoms with Gasteiger partial charge in [-0.1, -0.05) is 17.7 Å². The van der Waals surface area contributed by atoms with E-state index in [1.54, 1.807) is 39.8 Å². The SMILES string of the molecule is CC(O)CCc1ccc(Cl)cc1NC(=O)OC(C)(C)C. The maximum atomic E-state index is 11.8. The molecule has 0 aliphatic heterocycles. The van der Waals surface area contributed by atoms with E-state index < -0.39 is 11.7 Å². The minimum atomic E-state index is -0.553. The lowest BCUT2D eigenvalue weighted by Crippen LogP contribution is -2.27. The average Bonchev–Trinajstić information content (AvgIpc) is 2.24. The van der Waals surface area contributed by atoms with Crippen LogP contribution >= 0.6 is 11.6 Å². The zero-order chi connectivity index (χ0) is 15.3. The van der Waals surface area contributed by atoms with Gasteiger partial charge in [-0.15, -0.1) is 0 Å². The smallest absolute Gasteiger partial charge is 0.412 e. The minimum absolute atomic E-state index is 0.389. The number of carbonyl (C=O) groups is 1. The van der Waals surface area contributed by atoms with Crippen molar-refractivity contribution in [3.63, 3.8) is 0 Å². The number of hydrogen-bond acceptors (Lipinski definition) is 3. The van der Waals surface area contributed by atoms with Gasteiger partial charge in [-0.05, 0) is 58.2 Å². The highest BCUT2D eigenvalue weighted by Crippen LogP contribution is 2.23. The van der Waals surface area contributed by atoms with E-state index in [-0.39, 0.29) is 6.10 Å². The van der Waals surface area contributed by atoms with Crippen molar-refractivity contribution in [3.8, 4) is 0 Å². The second-order valence-corrected chi connectivity index (χ2v) is 6.25. The molecule has 0 saturated heterocycles. The second-order valence-electron chi connectivity index (χ2n) is 5.82. The van der Waals surface area contributed by atoms with Crippen LogP contribution in [-0.2, 0) is 11.2 Å². The highest BCUT2D eigenvalue weighted by Gasteiger charge is 2.17. The van der Waals surface area contributed by atoms with Crippen molar-refractivity contribution < 1.29 is 14.6 Å². The molecule has 5 heteroatoms. The zero-order valence-corrected chi connectivity index (χ0v) is 13.1. The van der Waals surface area contributed by atoms with Crippen molar-refractivity contribution in [2.24, 2.45) is 0 Å². The van der Waals surface area contributed by atoms with Gasteiger partial charge in [0, 0.05) is 10.7 Å². The van der Waals surface area contributed by atoms with Gasteiger partial charge in [0.25, 0.3) is 0 Å². The van der Waals surface area contributed by atoms with E-state index in [2.05, 4.69) is 5.32 Å². The number of hydrogen-bond donors (Lipinski definition) is 2. The lowest BCUT2D eigenvalue weighted by molar-refractivity contribution is 0.0636. The molecule has 0 aliphatic rings. The molecule has 1 unspecified atom stereocenters. The van der Waals surface area contributed by atoms with Crippen molar-refractivity contribution in [2.75, 3.05) is 5.32 Å². The summed E-state index contributed by atoms with van der Waals surface area (Å²) in [5.74, 6) is 0. The molecule has 4 nitrogen and oxygen atoms in total. The number of aryl methyl sites for hydroxylation is 1. The van der Waals surface area contributed by atoms with Gasteiger partial charge in [-0.3, -0.25) is 5.32 Å². The molecule has 1 aromatic carbocycles. The summed E-state index contributed by atoms with van der Waals surface area (Å²) in [6.45, 7) is 7.15. The van der Waals surface area contributed by atoms with Gasteiger partial charge in [-0.2, -0.15) is 0 Å². The van der Waals surface area contributed by atoms with E-state index >= 15 is 0 Å². The van der Waals surface area contributed by atoms with Crippen molar-refractivity contribution in [1.29, 1.82) is 0 Å². The molecule has 1 amide bonds. The van der Waals surface area contributed by atoms with Gasteiger partial charge < -0.3 is 9.84 Å². The number of rotatable bonds is 4. The third-order valence-electron chi connectivity index (χ3n) is 2.54. The highest BCUT2D eigenvalue weighted by molar-refractivity contribution is 6.31. The number of nitrogens with one attached hydrogen (secondary N) is 1. The first-order chi connectivity index (χ1) is 9.17. The Balaban J connectivity index is 2.81. The van der Waals surface area contributed by atoms with Crippen LogP contribution in [-0.4, -0.2) is 22.9 Å². The summed E-state index contributed by atoms with van der Waals surface area (Å²) >= 11 is 5.95. The van der Waals surface area contributed by atoms with Crippen LogP contribution in [0.15, 0.2) is 18.2 Å². The second kappa shape index (κ2) is 6.95. The van der Waals surface area contributed by atoms with Crippen LogP contribution in [0.2, 0.25) is 5.02 Å². The van der Waals surface area contributed by atoms with E-state index in [1.165, 1.54) is 0 Å². The predicted octanol–water partition coefficient (Wildman–Crippen LogP) is 4.00. The molecule has 1 rings (SSSR count). The Kier molecular flexibility index (Phi) is 5.84. The van der Waals surface area contributed by atoms with Crippen molar-refractivity contribution in [3.05, 3.63) is 28.8 Å². The van der Waals surface area contributed by atoms with E-state index in [9.17, 15) is 9.90 Å². The molecule has 2 N–H and O–H groups in total. The quantitative estimate of drug-likeness (QED) is 0.883. The minimum Gasteiger partial charge on any atom is -0.444 e. The molecule has 0 aliphatic carbocycles. The fourth-order valence-corrected chi connectivity index (χ4v) is 1.83. The first kappa shape index (κ1) is 16.8. The summed E-state index contributed by atoms with van der Waals surface area (Å²) in [5.41, 5.74) is 0.983. The molecule has 20 heavy (non-hydrogen) atoms. The number of aliphatic hydroxyl groups excluding tert-OH is 1. The Morgan fingerprint density at radius 3 is 2.65 bits per heavy atom. The molecule has 0 radical (unpaired) electrons. The van der Waals surface area contributed by atoms with E-state index in [0.717, 1.165) is 5.56 Å². The number of aliphatic hydroxyl groups is 1. The fraction of sp³-hybridized carbons (Fsp3) is 0.533. The molecule has 1 aromatic rings. The number of amides is 1. The van der Waals surface area contributed by atoms with Gasteiger partial charge >= 0.3 is 6.09 Å². The van der Waals surface area contributed by atoms with Crippen molar-refractivity contribution >= 4 is 23.4 Å². The van der Waals surface area contributed by atoms with Crippen LogP contribution in [0.3, 0.4) is 0 Å². The van der Waals surface area contributed by atoms with Crippen molar-refractivity contribution in [1.82, 2.24) is 0 Å². The van der Waals surface area contributed by atoms with Crippen LogP contribution < -0.4 is 5.32 Å². The molecular weight excluding hydrogens is 278 g/mol. The standard InChI is InChI=1S/C15H22ClNO3/c1-10(18)5-6-11-7-8-12(16)9-13(11)17-14(19)20-15(2,3)4/h7-10,18H,5-6H2,1-4H3,(H,17,19). The number of halogens is 1. The Hall–Kier alpha value is -1.26. The number of benzene rings is 1. The van der Waals surface area contributed by atoms with Crippen LogP contribution in [0.4, 0.5) is 10.5 Å². The third kappa shape index (κ3) is 6.26. The number of carbonyl (C=O) groups excluding carboxylic acids is 1. The monoisotopic (exact) mass is 299 g/mol. The predicted molar refractivity (Wildman–Crippen MR) is 81.3 cm³/mol. The molecule has 0 bridgehead atoms. The molecule has 1 atom stereocenters. The fourth-order valence-electron chi connectivity index (χ4n) is 1.66. The molecule has 112 valence electrons. The van der Waals surface area contributed by atoms with Crippen LogP contribution in [0.5, 0.6) is 0 Å². The van der Waals surface area contributed by atoms with Crippen LogP contribution in [0, 0.1) is 0 Å². The summed E-state index contributed by atoms with van der Waals surface area (Å²) in [5, 5.41) is 12.6. The van der Waals surface area contributed by atoms with E-state index in [4.69, 9.17) is 16.3 Å². The lowest BCUT2D eigenvalue weighted by atomic mass is 10.1. The summed E-state index contributed by atoms with van der Waals surface area (Å²) in [7, 11) is 0. The topological polar surface area (TPSA) is 58.6 Å². The molecule has 0 heterocycles.